The maximum atomic E-state index is 13.1. The number of nitrogens with zero attached hydrogens (tertiary/aromatic N) is 5. The number of thioether (sulfide) groups is 1. The van der Waals surface area contributed by atoms with E-state index in [1.54, 1.807) is 18.3 Å². The third-order valence-corrected chi connectivity index (χ3v) is 5.96. The molecule has 0 unspecified atom stereocenters. The van der Waals surface area contributed by atoms with Gasteiger partial charge in [-0.05, 0) is 36.4 Å². The predicted octanol–water partition coefficient (Wildman–Crippen LogP) is 4.02. The lowest BCUT2D eigenvalue weighted by Gasteiger charge is -2.04. The number of carbonyl (C=O) groups is 1. The van der Waals surface area contributed by atoms with Crippen LogP contribution in [0.15, 0.2) is 69.5 Å². The number of aromatic amines is 1. The highest BCUT2D eigenvalue weighted by Gasteiger charge is 2.13. The van der Waals surface area contributed by atoms with Gasteiger partial charge in [0.25, 0.3) is 5.91 Å². The van der Waals surface area contributed by atoms with Crippen LogP contribution in [0.5, 0.6) is 0 Å². The minimum atomic E-state index is -0.320. The van der Waals surface area contributed by atoms with E-state index in [1.807, 2.05) is 35.9 Å². The highest BCUT2D eigenvalue weighted by Crippen LogP contribution is 2.25. The number of amides is 1. The SMILES string of the molecule is Cn1c(SCC(=O)N/N=C/c2cn[nH]c2-c2ccc(F)cc2)nnc1-c1cccc(Br)c1. The minimum absolute atomic E-state index is 0.123. The molecule has 162 valence electrons. The van der Waals surface area contributed by atoms with E-state index in [0.29, 0.717) is 22.2 Å². The first kappa shape index (κ1) is 21.9. The molecule has 0 aliphatic heterocycles. The van der Waals surface area contributed by atoms with Gasteiger partial charge < -0.3 is 4.57 Å². The summed E-state index contributed by atoms with van der Waals surface area (Å²) in [6, 6.07) is 13.8. The number of nitrogens with one attached hydrogen (secondary N) is 2. The monoisotopic (exact) mass is 513 g/mol. The zero-order chi connectivity index (χ0) is 22.5. The van der Waals surface area contributed by atoms with E-state index in [-0.39, 0.29) is 17.5 Å². The lowest BCUT2D eigenvalue weighted by Crippen LogP contribution is -2.19. The molecule has 4 aromatic rings. The molecule has 0 bridgehead atoms. The Kier molecular flexibility index (Phi) is 6.76. The van der Waals surface area contributed by atoms with Gasteiger partial charge in [0, 0.05) is 28.2 Å². The number of H-pyrrole nitrogens is 1. The van der Waals surface area contributed by atoms with Crippen LogP contribution in [-0.4, -0.2) is 42.8 Å². The molecule has 11 heteroatoms. The quantitative estimate of drug-likeness (QED) is 0.221. The van der Waals surface area contributed by atoms with Crippen molar-refractivity contribution >= 4 is 39.8 Å². The molecular weight excluding hydrogens is 497 g/mol. The number of benzene rings is 2. The van der Waals surface area contributed by atoms with Gasteiger partial charge in [-0.2, -0.15) is 10.2 Å². The molecule has 0 saturated carbocycles. The van der Waals surface area contributed by atoms with Crippen LogP contribution in [-0.2, 0) is 11.8 Å². The second-order valence-electron chi connectivity index (χ2n) is 6.66. The van der Waals surface area contributed by atoms with Crippen molar-refractivity contribution in [3.8, 4) is 22.6 Å². The number of halogens is 2. The van der Waals surface area contributed by atoms with Crippen molar-refractivity contribution in [1.82, 2.24) is 30.4 Å². The van der Waals surface area contributed by atoms with Crippen LogP contribution < -0.4 is 5.43 Å². The van der Waals surface area contributed by atoms with E-state index in [2.05, 4.69) is 46.9 Å². The van der Waals surface area contributed by atoms with Crippen molar-refractivity contribution in [1.29, 1.82) is 0 Å². The Morgan fingerprint density at radius 3 is 2.84 bits per heavy atom. The first-order valence-corrected chi connectivity index (χ1v) is 11.2. The van der Waals surface area contributed by atoms with E-state index in [1.165, 1.54) is 30.1 Å². The zero-order valence-electron chi connectivity index (χ0n) is 16.8. The number of hydrogen-bond acceptors (Lipinski definition) is 6. The van der Waals surface area contributed by atoms with Crippen molar-refractivity contribution < 1.29 is 9.18 Å². The summed E-state index contributed by atoms with van der Waals surface area (Å²) in [6.45, 7) is 0. The fraction of sp³-hybridized carbons (Fsp3) is 0.0952. The molecule has 2 N–H and O–H groups in total. The fourth-order valence-corrected chi connectivity index (χ4v) is 4.00. The van der Waals surface area contributed by atoms with Gasteiger partial charge in [-0.3, -0.25) is 9.89 Å². The molecule has 0 aliphatic rings. The average Bonchev–Trinajstić information content (AvgIpc) is 3.39. The van der Waals surface area contributed by atoms with Crippen molar-refractivity contribution in [2.24, 2.45) is 12.1 Å². The molecule has 1 amide bonds. The molecule has 32 heavy (non-hydrogen) atoms. The third-order valence-electron chi connectivity index (χ3n) is 4.44. The Hall–Kier alpha value is -3.31. The lowest BCUT2D eigenvalue weighted by molar-refractivity contribution is -0.118. The molecule has 0 aliphatic carbocycles. The van der Waals surface area contributed by atoms with Gasteiger partial charge >= 0.3 is 0 Å². The third kappa shape index (κ3) is 5.11. The van der Waals surface area contributed by atoms with Gasteiger partial charge in [-0.1, -0.05) is 39.8 Å². The summed E-state index contributed by atoms with van der Waals surface area (Å²) in [6.07, 6.45) is 3.06. The molecule has 4 rings (SSSR count). The van der Waals surface area contributed by atoms with E-state index >= 15 is 0 Å². The number of rotatable bonds is 7. The molecule has 0 saturated heterocycles. The molecule has 2 aromatic carbocycles. The normalized spacial score (nSPS) is 11.2. The number of aromatic nitrogens is 5. The van der Waals surface area contributed by atoms with Gasteiger partial charge in [-0.15, -0.1) is 10.2 Å². The van der Waals surface area contributed by atoms with Crippen molar-refractivity contribution in [3.63, 3.8) is 0 Å². The smallest absolute Gasteiger partial charge is 0.250 e. The summed E-state index contributed by atoms with van der Waals surface area (Å²) in [5, 5.41) is 19.8. The van der Waals surface area contributed by atoms with E-state index in [0.717, 1.165) is 15.6 Å². The standard InChI is InChI=1S/C21H17BrFN7OS/c1-30-20(14-3-2-4-16(22)9-14)28-29-21(30)32-12-18(31)26-24-10-15-11-25-27-19(15)13-5-7-17(23)8-6-13/h2-11H,12H2,1H3,(H,25,27)(H,26,31)/b24-10+. The van der Waals surface area contributed by atoms with Crippen molar-refractivity contribution in [3.05, 3.63) is 70.6 Å². The van der Waals surface area contributed by atoms with Crippen LogP contribution in [0.4, 0.5) is 4.39 Å². The Bertz CT molecular complexity index is 1270. The van der Waals surface area contributed by atoms with Gasteiger partial charge in [-0.25, -0.2) is 9.82 Å². The van der Waals surface area contributed by atoms with Gasteiger partial charge in [0.2, 0.25) is 0 Å². The Morgan fingerprint density at radius 2 is 2.06 bits per heavy atom. The van der Waals surface area contributed by atoms with E-state index in [4.69, 9.17) is 0 Å². The number of hydrazone groups is 1. The second kappa shape index (κ2) is 9.88. The summed E-state index contributed by atoms with van der Waals surface area (Å²) in [5.74, 6) is 0.225. The molecular formula is C21H17BrFN7OS. The maximum absolute atomic E-state index is 13.1. The lowest BCUT2D eigenvalue weighted by atomic mass is 10.1. The maximum Gasteiger partial charge on any atom is 0.250 e. The van der Waals surface area contributed by atoms with Crippen LogP contribution >= 0.6 is 27.7 Å². The first-order chi connectivity index (χ1) is 15.5. The van der Waals surface area contributed by atoms with Crippen LogP contribution in [0.1, 0.15) is 5.56 Å². The van der Waals surface area contributed by atoms with Crippen LogP contribution in [0.2, 0.25) is 0 Å². The molecule has 0 spiro atoms. The first-order valence-electron chi connectivity index (χ1n) is 9.40. The minimum Gasteiger partial charge on any atom is -0.305 e. The zero-order valence-corrected chi connectivity index (χ0v) is 19.2. The Morgan fingerprint density at radius 1 is 1.25 bits per heavy atom. The summed E-state index contributed by atoms with van der Waals surface area (Å²) >= 11 is 4.71. The Labute approximate surface area is 195 Å². The second-order valence-corrected chi connectivity index (χ2v) is 8.52. The largest absolute Gasteiger partial charge is 0.305 e. The van der Waals surface area contributed by atoms with E-state index < -0.39 is 0 Å². The molecule has 0 atom stereocenters. The highest BCUT2D eigenvalue weighted by molar-refractivity contribution is 9.10. The summed E-state index contributed by atoms with van der Waals surface area (Å²) in [7, 11) is 1.85. The Balaban J connectivity index is 1.34. The van der Waals surface area contributed by atoms with E-state index in [9.17, 15) is 9.18 Å². The molecule has 0 fully saturated rings. The topological polar surface area (TPSA) is 101 Å². The average molecular weight is 514 g/mol. The van der Waals surface area contributed by atoms with Crippen LogP contribution in [0.25, 0.3) is 22.6 Å². The predicted molar refractivity (Wildman–Crippen MR) is 125 cm³/mol. The number of carbonyl (C=O) groups excluding carboxylic acids is 1. The summed E-state index contributed by atoms with van der Waals surface area (Å²) in [4.78, 5) is 12.2. The summed E-state index contributed by atoms with van der Waals surface area (Å²) < 4.78 is 15.9. The number of hydrogen-bond donors (Lipinski definition) is 2. The van der Waals surface area contributed by atoms with Crippen LogP contribution in [0, 0.1) is 5.82 Å². The van der Waals surface area contributed by atoms with Crippen LogP contribution in [0.3, 0.4) is 0 Å². The van der Waals surface area contributed by atoms with Gasteiger partial charge in [0.1, 0.15) is 5.82 Å². The molecule has 2 heterocycles. The molecule has 8 nitrogen and oxygen atoms in total. The van der Waals surface area contributed by atoms with Crippen molar-refractivity contribution in [2.75, 3.05) is 5.75 Å². The molecule has 0 radical (unpaired) electrons. The molecule has 2 aromatic heterocycles. The van der Waals surface area contributed by atoms with Gasteiger partial charge in [0.15, 0.2) is 11.0 Å². The van der Waals surface area contributed by atoms with Crippen molar-refractivity contribution in [2.45, 2.75) is 5.16 Å². The fourth-order valence-electron chi connectivity index (χ4n) is 2.90. The summed E-state index contributed by atoms with van der Waals surface area (Å²) in [5.41, 5.74) is 5.51. The highest BCUT2D eigenvalue weighted by atomic mass is 79.9. The van der Waals surface area contributed by atoms with Gasteiger partial charge in [0.05, 0.1) is 23.9 Å².